The average Bonchev–Trinajstić information content (AvgIpc) is 2.33. The van der Waals surface area contributed by atoms with Crippen molar-refractivity contribution in [3.8, 4) is 0 Å². The lowest BCUT2D eigenvalue weighted by Gasteiger charge is -2.16. The van der Waals surface area contributed by atoms with Crippen molar-refractivity contribution >= 4 is 16.0 Å². The Morgan fingerprint density at radius 2 is 1.71 bits per heavy atom. The Morgan fingerprint density at radius 3 is 2.10 bits per heavy atom. The SMILES string of the molecule is CC(C)CC(NS(=O)(=O)c1cc(F)c(F)c(F)c1)C(=O)O. The number of aliphatic carboxylic acids is 1. The molecule has 0 aliphatic heterocycles. The molecular formula is C12H14F3NO4S. The highest BCUT2D eigenvalue weighted by Crippen LogP contribution is 2.18. The number of carboxylic acids is 1. The minimum Gasteiger partial charge on any atom is -0.480 e. The lowest BCUT2D eigenvalue weighted by atomic mass is 10.1. The fourth-order valence-electron chi connectivity index (χ4n) is 1.61. The molecule has 0 bridgehead atoms. The zero-order valence-corrected chi connectivity index (χ0v) is 12.0. The molecule has 21 heavy (non-hydrogen) atoms. The average molecular weight is 325 g/mol. The van der Waals surface area contributed by atoms with E-state index in [-0.39, 0.29) is 24.5 Å². The van der Waals surface area contributed by atoms with Gasteiger partial charge in [0.25, 0.3) is 0 Å². The molecular weight excluding hydrogens is 311 g/mol. The van der Waals surface area contributed by atoms with Gasteiger partial charge in [-0.15, -0.1) is 0 Å². The van der Waals surface area contributed by atoms with E-state index in [0.717, 1.165) is 0 Å². The predicted molar refractivity (Wildman–Crippen MR) is 67.5 cm³/mol. The van der Waals surface area contributed by atoms with Crippen LogP contribution in [0.15, 0.2) is 17.0 Å². The highest BCUT2D eigenvalue weighted by molar-refractivity contribution is 7.89. The first-order valence-electron chi connectivity index (χ1n) is 5.94. The van der Waals surface area contributed by atoms with Crippen molar-refractivity contribution in [2.45, 2.75) is 31.2 Å². The molecule has 0 fully saturated rings. The summed E-state index contributed by atoms with van der Waals surface area (Å²) in [7, 11) is -4.49. The second-order valence-electron chi connectivity index (χ2n) is 4.84. The zero-order valence-electron chi connectivity index (χ0n) is 11.2. The molecule has 1 aromatic rings. The summed E-state index contributed by atoms with van der Waals surface area (Å²) < 4.78 is 64.6. The third-order valence-corrected chi connectivity index (χ3v) is 4.02. The van der Waals surface area contributed by atoms with Crippen LogP contribution in [-0.4, -0.2) is 25.5 Å². The topological polar surface area (TPSA) is 83.5 Å². The molecule has 1 unspecified atom stereocenters. The molecule has 0 aliphatic rings. The van der Waals surface area contributed by atoms with Gasteiger partial charge in [-0.1, -0.05) is 13.8 Å². The van der Waals surface area contributed by atoms with Crippen LogP contribution in [0.1, 0.15) is 20.3 Å². The molecule has 1 aromatic carbocycles. The summed E-state index contributed by atoms with van der Waals surface area (Å²) in [5.41, 5.74) is 0. The minimum absolute atomic E-state index is 0.0132. The van der Waals surface area contributed by atoms with Crippen molar-refractivity contribution in [3.05, 3.63) is 29.6 Å². The highest BCUT2D eigenvalue weighted by Gasteiger charge is 2.27. The van der Waals surface area contributed by atoms with Crippen molar-refractivity contribution in [1.82, 2.24) is 4.72 Å². The molecule has 0 saturated carbocycles. The maximum Gasteiger partial charge on any atom is 0.321 e. The highest BCUT2D eigenvalue weighted by atomic mass is 32.2. The first-order chi connectivity index (χ1) is 9.54. The van der Waals surface area contributed by atoms with E-state index in [0.29, 0.717) is 0 Å². The Balaban J connectivity index is 3.13. The number of rotatable bonds is 6. The molecule has 118 valence electrons. The minimum atomic E-state index is -4.49. The molecule has 0 saturated heterocycles. The number of carbonyl (C=O) groups is 1. The molecule has 0 aromatic heterocycles. The Kier molecular flexibility index (Phi) is 5.35. The second kappa shape index (κ2) is 6.44. The number of sulfonamides is 1. The van der Waals surface area contributed by atoms with E-state index in [9.17, 15) is 26.4 Å². The molecule has 0 radical (unpaired) electrons. The van der Waals surface area contributed by atoms with Gasteiger partial charge in [0.05, 0.1) is 4.90 Å². The fraction of sp³-hybridized carbons (Fsp3) is 0.417. The third kappa shape index (κ3) is 4.43. The normalized spacial score (nSPS) is 13.4. The van der Waals surface area contributed by atoms with Gasteiger partial charge in [0.2, 0.25) is 10.0 Å². The lowest BCUT2D eigenvalue weighted by Crippen LogP contribution is -2.41. The first kappa shape index (κ1) is 17.4. The fourth-order valence-corrected chi connectivity index (χ4v) is 2.84. The van der Waals surface area contributed by atoms with Crippen LogP contribution in [0, 0.1) is 23.4 Å². The van der Waals surface area contributed by atoms with Crippen LogP contribution in [-0.2, 0) is 14.8 Å². The van der Waals surface area contributed by atoms with Gasteiger partial charge in [-0.05, 0) is 24.5 Å². The Morgan fingerprint density at radius 1 is 1.24 bits per heavy atom. The van der Waals surface area contributed by atoms with Crippen molar-refractivity contribution < 1.29 is 31.5 Å². The summed E-state index contributed by atoms with van der Waals surface area (Å²) in [5.74, 6) is -6.70. The standard InChI is InChI=1S/C12H14F3NO4S/c1-6(2)3-10(12(17)18)16-21(19,20)7-4-8(13)11(15)9(14)5-7/h4-6,10,16H,3H2,1-2H3,(H,17,18). The number of hydrogen-bond donors (Lipinski definition) is 2. The van der Waals surface area contributed by atoms with Gasteiger partial charge in [-0.3, -0.25) is 4.79 Å². The molecule has 5 nitrogen and oxygen atoms in total. The summed E-state index contributed by atoms with van der Waals surface area (Å²) in [6.45, 7) is 3.36. The smallest absolute Gasteiger partial charge is 0.321 e. The van der Waals surface area contributed by atoms with E-state index in [1.54, 1.807) is 13.8 Å². The maximum atomic E-state index is 13.1. The van der Waals surface area contributed by atoms with Crippen LogP contribution in [0.5, 0.6) is 0 Å². The zero-order chi connectivity index (χ0) is 16.4. The predicted octanol–water partition coefficient (Wildman–Crippen LogP) is 1.88. The molecule has 1 atom stereocenters. The van der Waals surface area contributed by atoms with Gasteiger partial charge in [-0.2, -0.15) is 4.72 Å². The van der Waals surface area contributed by atoms with E-state index in [2.05, 4.69) is 0 Å². The van der Waals surface area contributed by atoms with E-state index in [4.69, 9.17) is 5.11 Å². The third-order valence-electron chi connectivity index (χ3n) is 2.57. The van der Waals surface area contributed by atoms with Crippen molar-refractivity contribution in [2.75, 3.05) is 0 Å². The Bertz CT molecular complexity index is 623. The van der Waals surface area contributed by atoms with Crippen LogP contribution in [0.3, 0.4) is 0 Å². The molecule has 0 spiro atoms. The molecule has 9 heteroatoms. The van der Waals surface area contributed by atoms with Crippen molar-refractivity contribution in [3.63, 3.8) is 0 Å². The number of benzene rings is 1. The van der Waals surface area contributed by atoms with Crippen molar-refractivity contribution in [1.29, 1.82) is 0 Å². The van der Waals surface area contributed by atoms with E-state index >= 15 is 0 Å². The first-order valence-corrected chi connectivity index (χ1v) is 7.42. The van der Waals surface area contributed by atoms with E-state index < -0.39 is 44.4 Å². The quantitative estimate of drug-likeness (QED) is 0.782. The van der Waals surface area contributed by atoms with Crippen LogP contribution >= 0.6 is 0 Å². The molecule has 0 heterocycles. The van der Waals surface area contributed by atoms with Gasteiger partial charge in [0.15, 0.2) is 17.5 Å². The van der Waals surface area contributed by atoms with Gasteiger partial charge in [0, 0.05) is 0 Å². The van der Waals surface area contributed by atoms with Gasteiger partial charge in [-0.25, -0.2) is 21.6 Å². The summed E-state index contributed by atoms with van der Waals surface area (Å²) in [6, 6.07) is -0.879. The van der Waals surface area contributed by atoms with Crippen LogP contribution in [0.25, 0.3) is 0 Å². The maximum absolute atomic E-state index is 13.1. The van der Waals surface area contributed by atoms with Crippen LogP contribution in [0.4, 0.5) is 13.2 Å². The summed E-state index contributed by atoms with van der Waals surface area (Å²) >= 11 is 0. The second-order valence-corrected chi connectivity index (χ2v) is 6.56. The molecule has 1 rings (SSSR count). The number of halogens is 3. The number of hydrogen-bond acceptors (Lipinski definition) is 3. The van der Waals surface area contributed by atoms with Crippen LogP contribution in [0.2, 0.25) is 0 Å². The molecule has 0 aliphatic carbocycles. The summed E-state index contributed by atoms with van der Waals surface area (Å²) in [6.07, 6.45) is -0.0132. The lowest BCUT2D eigenvalue weighted by molar-refractivity contribution is -0.139. The van der Waals surface area contributed by atoms with Crippen LogP contribution < -0.4 is 4.72 Å². The summed E-state index contributed by atoms with van der Waals surface area (Å²) in [5, 5.41) is 8.95. The van der Waals surface area contributed by atoms with Crippen molar-refractivity contribution in [2.24, 2.45) is 5.92 Å². The number of carboxylic acid groups (broad SMARTS) is 1. The van der Waals surface area contributed by atoms with Gasteiger partial charge < -0.3 is 5.11 Å². The van der Waals surface area contributed by atoms with Gasteiger partial charge in [0.1, 0.15) is 6.04 Å². The molecule has 2 N–H and O–H groups in total. The Hall–Kier alpha value is -1.61. The molecule has 0 amide bonds. The largest absolute Gasteiger partial charge is 0.480 e. The summed E-state index contributed by atoms with van der Waals surface area (Å²) in [4.78, 5) is 10.1. The van der Waals surface area contributed by atoms with E-state index in [1.807, 2.05) is 4.72 Å². The van der Waals surface area contributed by atoms with E-state index in [1.165, 1.54) is 0 Å². The monoisotopic (exact) mass is 325 g/mol. The Labute approximate surface area is 119 Å². The van der Waals surface area contributed by atoms with Gasteiger partial charge >= 0.3 is 5.97 Å². The number of nitrogens with one attached hydrogen (secondary N) is 1.